The number of nitrogens with one attached hydrogen (secondary N) is 1. The van der Waals surface area contributed by atoms with Crippen molar-refractivity contribution in [3.8, 4) is 0 Å². The summed E-state index contributed by atoms with van der Waals surface area (Å²) in [6.07, 6.45) is 3.54. The smallest absolute Gasteiger partial charge is 0.129 e. The molecule has 2 unspecified atom stereocenters. The van der Waals surface area contributed by atoms with E-state index < -0.39 is 0 Å². The third kappa shape index (κ3) is 3.72. The van der Waals surface area contributed by atoms with Crippen LogP contribution in [0.15, 0.2) is 18.2 Å². The van der Waals surface area contributed by atoms with E-state index in [9.17, 15) is 4.39 Å². The summed E-state index contributed by atoms with van der Waals surface area (Å²) >= 11 is 5.88. The van der Waals surface area contributed by atoms with Crippen molar-refractivity contribution in [2.24, 2.45) is 5.92 Å². The van der Waals surface area contributed by atoms with E-state index in [-0.39, 0.29) is 11.9 Å². The SMILES string of the molecule is CCNCC1CCCCN(C)C1c1ccc(Cl)cc1F. The van der Waals surface area contributed by atoms with Gasteiger partial charge in [0.05, 0.1) is 0 Å². The van der Waals surface area contributed by atoms with Crippen molar-refractivity contribution in [2.45, 2.75) is 32.2 Å². The molecule has 0 radical (unpaired) electrons. The molecule has 1 N–H and O–H groups in total. The summed E-state index contributed by atoms with van der Waals surface area (Å²) in [5.41, 5.74) is 0.779. The normalized spacial score (nSPS) is 24.6. The Kier molecular flexibility index (Phi) is 5.82. The Morgan fingerprint density at radius 3 is 2.90 bits per heavy atom. The van der Waals surface area contributed by atoms with E-state index in [0.29, 0.717) is 10.9 Å². The molecule has 0 aliphatic carbocycles. The minimum atomic E-state index is -0.183. The van der Waals surface area contributed by atoms with Gasteiger partial charge in [0.15, 0.2) is 0 Å². The van der Waals surface area contributed by atoms with Gasteiger partial charge < -0.3 is 5.32 Å². The van der Waals surface area contributed by atoms with Crippen molar-refractivity contribution in [1.82, 2.24) is 10.2 Å². The largest absolute Gasteiger partial charge is 0.317 e. The minimum absolute atomic E-state index is 0.133. The number of likely N-dealkylation sites (tertiary alicyclic amines) is 1. The lowest BCUT2D eigenvalue weighted by molar-refractivity contribution is 0.185. The van der Waals surface area contributed by atoms with Gasteiger partial charge in [0, 0.05) is 16.6 Å². The van der Waals surface area contributed by atoms with Gasteiger partial charge in [-0.05, 0) is 57.6 Å². The molecule has 0 saturated carbocycles. The van der Waals surface area contributed by atoms with Crippen LogP contribution in [-0.2, 0) is 0 Å². The van der Waals surface area contributed by atoms with Gasteiger partial charge in [-0.3, -0.25) is 4.90 Å². The number of hydrogen-bond donors (Lipinski definition) is 1. The highest BCUT2D eigenvalue weighted by Crippen LogP contribution is 2.35. The van der Waals surface area contributed by atoms with E-state index in [1.807, 2.05) is 6.07 Å². The standard InChI is InChI=1S/C16H24ClFN2/c1-3-19-11-12-6-4-5-9-20(2)16(12)14-8-7-13(17)10-15(14)18/h7-8,10,12,16,19H,3-6,9,11H2,1-2H3. The monoisotopic (exact) mass is 298 g/mol. The lowest BCUT2D eigenvalue weighted by atomic mass is 9.89. The number of benzene rings is 1. The molecule has 1 fully saturated rings. The molecule has 0 amide bonds. The Balaban J connectivity index is 2.29. The molecular formula is C16H24ClFN2. The van der Waals surface area contributed by atoms with Crippen molar-refractivity contribution in [3.05, 3.63) is 34.6 Å². The predicted molar refractivity (Wildman–Crippen MR) is 82.7 cm³/mol. The molecular weight excluding hydrogens is 275 g/mol. The Bertz CT molecular complexity index is 438. The highest BCUT2D eigenvalue weighted by atomic mass is 35.5. The van der Waals surface area contributed by atoms with Crippen LogP contribution in [0.5, 0.6) is 0 Å². The lowest BCUT2D eigenvalue weighted by Crippen LogP contribution is -2.35. The Labute approximate surface area is 126 Å². The number of halogens is 2. The van der Waals surface area contributed by atoms with E-state index >= 15 is 0 Å². The zero-order valence-electron chi connectivity index (χ0n) is 12.3. The summed E-state index contributed by atoms with van der Waals surface area (Å²) in [5, 5.41) is 3.89. The Morgan fingerprint density at radius 2 is 2.20 bits per heavy atom. The molecule has 1 saturated heterocycles. The number of rotatable bonds is 4. The first-order valence-corrected chi connectivity index (χ1v) is 7.87. The molecule has 0 bridgehead atoms. The van der Waals surface area contributed by atoms with E-state index in [2.05, 4.69) is 24.2 Å². The fourth-order valence-electron chi connectivity index (χ4n) is 3.20. The fourth-order valence-corrected chi connectivity index (χ4v) is 3.36. The maximum Gasteiger partial charge on any atom is 0.129 e. The first kappa shape index (κ1) is 15.7. The third-order valence-corrected chi connectivity index (χ3v) is 4.43. The molecule has 1 aromatic rings. The Morgan fingerprint density at radius 1 is 1.40 bits per heavy atom. The first-order valence-electron chi connectivity index (χ1n) is 7.49. The Hall–Kier alpha value is -0.640. The third-order valence-electron chi connectivity index (χ3n) is 4.19. The second kappa shape index (κ2) is 7.39. The van der Waals surface area contributed by atoms with Crippen molar-refractivity contribution in [3.63, 3.8) is 0 Å². The topological polar surface area (TPSA) is 15.3 Å². The highest BCUT2D eigenvalue weighted by molar-refractivity contribution is 6.30. The van der Waals surface area contributed by atoms with Gasteiger partial charge in [-0.25, -0.2) is 4.39 Å². The minimum Gasteiger partial charge on any atom is -0.317 e. The van der Waals surface area contributed by atoms with E-state index in [4.69, 9.17) is 11.6 Å². The van der Waals surface area contributed by atoms with E-state index in [1.54, 1.807) is 6.07 Å². The molecule has 1 heterocycles. The molecule has 112 valence electrons. The molecule has 0 aromatic heterocycles. The molecule has 20 heavy (non-hydrogen) atoms. The second-order valence-electron chi connectivity index (χ2n) is 5.65. The average Bonchev–Trinajstić information content (AvgIpc) is 2.59. The second-order valence-corrected chi connectivity index (χ2v) is 6.09. The van der Waals surface area contributed by atoms with Gasteiger partial charge in [-0.1, -0.05) is 31.0 Å². The van der Waals surface area contributed by atoms with Crippen LogP contribution in [0.2, 0.25) is 5.02 Å². The van der Waals surface area contributed by atoms with Crippen molar-refractivity contribution in [1.29, 1.82) is 0 Å². The molecule has 2 rings (SSSR count). The summed E-state index contributed by atoms with van der Waals surface area (Å²) in [7, 11) is 2.10. The van der Waals surface area contributed by atoms with Gasteiger partial charge in [0.2, 0.25) is 0 Å². The molecule has 4 heteroatoms. The zero-order valence-corrected chi connectivity index (χ0v) is 13.1. The van der Waals surface area contributed by atoms with Crippen molar-refractivity contribution >= 4 is 11.6 Å². The summed E-state index contributed by atoms with van der Waals surface area (Å²) in [6.45, 7) is 5.03. The predicted octanol–water partition coefficient (Wildman–Crippen LogP) is 3.86. The van der Waals surface area contributed by atoms with Gasteiger partial charge >= 0.3 is 0 Å². The molecule has 1 aliphatic rings. The van der Waals surface area contributed by atoms with Crippen LogP contribution in [0.4, 0.5) is 4.39 Å². The van der Waals surface area contributed by atoms with Crippen LogP contribution in [-0.4, -0.2) is 31.6 Å². The maximum atomic E-state index is 14.3. The number of hydrogen-bond acceptors (Lipinski definition) is 2. The lowest BCUT2D eigenvalue weighted by Gasteiger charge is -2.33. The fraction of sp³-hybridized carbons (Fsp3) is 0.625. The quantitative estimate of drug-likeness (QED) is 0.908. The van der Waals surface area contributed by atoms with Crippen molar-refractivity contribution in [2.75, 3.05) is 26.7 Å². The maximum absolute atomic E-state index is 14.3. The van der Waals surface area contributed by atoms with Crippen LogP contribution < -0.4 is 5.32 Å². The van der Waals surface area contributed by atoms with Gasteiger partial charge in [0.25, 0.3) is 0 Å². The molecule has 2 nitrogen and oxygen atoms in total. The summed E-state index contributed by atoms with van der Waals surface area (Å²) in [6, 6.07) is 5.21. The van der Waals surface area contributed by atoms with Crippen LogP contribution in [0.1, 0.15) is 37.8 Å². The van der Waals surface area contributed by atoms with E-state index in [0.717, 1.165) is 31.6 Å². The van der Waals surface area contributed by atoms with Crippen molar-refractivity contribution < 1.29 is 4.39 Å². The summed E-state index contributed by atoms with van der Waals surface area (Å²) in [5.74, 6) is 0.260. The summed E-state index contributed by atoms with van der Waals surface area (Å²) < 4.78 is 14.3. The van der Waals surface area contributed by atoms with Gasteiger partial charge in [0.1, 0.15) is 5.82 Å². The van der Waals surface area contributed by atoms with Crippen LogP contribution in [0, 0.1) is 11.7 Å². The summed E-state index contributed by atoms with van der Waals surface area (Å²) in [4.78, 5) is 2.29. The molecule has 0 spiro atoms. The highest BCUT2D eigenvalue weighted by Gasteiger charge is 2.30. The molecule has 1 aromatic carbocycles. The molecule has 1 aliphatic heterocycles. The van der Waals surface area contributed by atoms with Crippen LogP contribution in [0.25, 0.3) is 0 Å². The molecule has 2 atom stereocenters. The van der Waals surface area contributed by atoms with Gasteiger partial charge in [-0.15, -0.1) is 0 Å². The van der Waals surface area contributed by atoms with Crippen LogP contribution >= 0.6 is 11.6 Å². The van der Waals surface area contributed by atoms with Gasteiger partial charge in [-0.2, -0.15) is 0 Å². The van der Waals surface area contributed by atoms with Crippen LogP contribution in [0.3, 0.4) is 0 Å². The average molecular weight is 299 g/mol. The van der Waals surface area contributed by atoms with E-state index in [1.165, 1.54) is 18.9 Å². The number of nitrogens with zero attached hydrogens (tertiary/aromatic N) is 1. The first-order chi connectivity index (χ1) is 9.63. The zero-order chi connectivity index (χ0) is 14.5.